The lowest BCUT2D eigenvalue weighted by Crippen LogP contribution is -2.03. The predicted octanol–water partition coefficient (Wildman–Crippen LogP) is 2.82. The second-order valence-electron chi connectivity index (χ2n) is 2.64. The summed E-state index contributed by atoms with van der Waals surface area (Å²) in [4.78, 5) is 0. The van der Waals surface area contributed by atoms with Gasteiger partial charge < -0.3 is 4.74 Å². The van der Waals surface area contributed by atoms with Crippen molar-refractivity contribution in [2.75, 3.05) is 14.2 Å². The Morgan fingerprint density at radius 2 is 1.50 bits per heavy atom. The summed E-state index contributed by atoms with van der Waals surface area (Å²) in [6.45, 7) is 0. The smallest absolute Gasteiger partial charge is 0.0351 e. The van der Waals surface area contributed by atoms with E-state index in [1.54, 1.807) is 14.2 Å². The van der Waals surface area contributed by atoms with Crippen molar-refractivity contribution in [3.05, 3.63) is 0 Å². The molecule has 1 rings (SSSR count). The van der Waals surface area contributed by atoms with Crippen molar-refractivity contribution in [2.45, 2.75) is 37.5 Å². The quantitative estimate of drug-likeness (QED) is 0.501. The lowest BCUT2D eigenvalue weighted by atomic mass is 10.0. The molecule has 62 valence electrons. The first kappa shape index (κ1) is 10.2. The highest BCUT2D eigenvalue weighted by Gasteiger charge is 2.08. The van der Waals surface area contributed by atoms with E-state index in [0.717, 1.165) is 0 Å². The molecular formula is C8H17ClO. The second-order valence-corrected chi connectivity index (χ2v) is 3.26. The molecule has 0 aromatic heterocycles. The normalized spacial score (nSPS) is 19.5. The van der Waals surface area contributed by atoms with Crippen LogP contribution in [-0.2, 0) is 4.74 Å². The monoisotopic (exact) mass is 164 g/mol. The van der Waals surface area contributed by atoms with Crippen LogP contribution in [-0.4, -0.2) is 19.6 Å². The summed E-state index contributed by atoms with van der Waals surface area (Å²) in [6, 6.07) is 0. The van der Waals surface area contributed by atoms with Gasteiger partial charge in [-0.25, -0.2) is 0 Å². The lowest BCUT2D eigenvalue weighted by Gasteiger charge is -2.13. The van der Waals surface area contributed by atoms with Crippen LogP contribution in [0.15, 0.2) is 0 Å². The highest BCUT2D eigenvalue weighted by molar-refractivity contribution is 6.20. The third-order valence-corrected chi connectivity index (χ3v) is 1.97. The number of rotatable bonds is 0. The predicted molar refractivity (Wildman–Crippen MR) is 45.7 cm³/mol. The van der Waals surface area contributed by atoms with Crippen LogP contribution in [0.2, 0.25) is 0 Å². The van der Waals surface area contributed by atoms with Gasteiger partial charge >= 0.3 is 0 Å². The van der Waals surface area contributed by atoms with E-state index in [1.807, 2.05) is 0 Å². The van der Waals surface area contributed by atoms with Crippen molar-refractivity contribution >= 4 is 11.6 Å². The molecule has 1 aliphatic carbocycles. The summed E-state index contributed by atoms with van der Waals surface area (Å²) in [6.07, 6.45) is 6.62. The molecule has 0 bridgehead atoms. The fourth-order valence-corrected chi connectivity index (χ4v) is 1.36. The molecule has 0 aliphatic heterocycles. The van der Waals surface area contributed by atoms with E-state index in [-0.39, 0.29) is 0 Å². The zero-order chi connectivity index (χ0) is 7.82. The van der Waals surface area contributed by atoms with Gasteiger partial charge in [-0.2, -0.15) is 0 Å². The van der Waals surface area contributed by atoms with Crippen molar-refractivity contribution in [2.24, 2.45) is 0 Å². The Bertz CT molecular complexity index is 60.3. The van der Waals surface area contributed by atoms with Gasteiger partial charge in [-0.15, -0.1) is 11.6 Å². The molecule has 1 fully saturated rings. The van der Waals surface area contributed by atoms with Crippen LogP contribution in [0.3, 0.4) is 0 Å². The van der Waals surface area contributed by atoms with E-state index < -0.39 is 0 Å². The molecule has 10 heavy (non-hydrogen) atoms. The van der Waals surface area contributed by atoms with E-state index in [4.69, 9.17) is 11.6 Å². The molecule has 0 amide bonds. The van der Waals surface area contributed by atoms with E-state index in [9.17, 15) is 0 Å². The van der Waals surface area contributed by atoms with Gasteiger partial charge in [0.05, 0.1) is 0 Å². The van der Waals surface area contributed by atoms with Crippen LogP contribution in [0.4, 0.5) is 0 Å². The number of halogens is 1. The molecule has 0 radical (unpaired) electrons. The Labute approximate surface area is 68.7 Å². The van der Waals surface area contributed by atoms with Gasteiger partial charge in [0.2, 0.25) is 0 Å². The van der Waals surface area contributed by atoms with Crippen molar-refractivity contribution in [3.63, 3.8) is 0 Å². The lowest BCUT2D eigenvalue weighted by molar-refractivity contribution is 0.277. The van der Waals surface area contributed by atoms with Gasteiger partial charge in [0.25, 0.3) is 0 Å². The molecule has 1 nitrogen and oxygen atoms in total. The molecule has 1 saturated carbocycles. The Balaban J connectivity index is 0.000000236. The SMILES string of the molecule is COC.ClC1CCCCC1. The molecule has 0 atom stereocenters. The van der Waals surface area contributed by atoms with Crippen molar-refractivity contribution < 1.29 is 4.74 Å². The van der Waals surface area contributed by atoms with E-state index in [1.165, 1.54) is 32.1 Å². The van der Waals surface area contributed by atoms with Gasteiger partial charge in [-0.1, -0.05) is 19.3 Å². The minimum absolute atomic E-state index is 0.508. The number of ether oxygens (including phenoxy) is 1. The number of hydrogen-bond acceptors (Lipinski definition) is 1. The van der Waals surface area contributed by atoms with Crippen LogP contribution < -0.4 is 0 Å². The van der Waals surface area contributed by atoms with Gasteiger partial charge in [-0.05, 0) is 12.8 Å². The molecule has 2 heteroatoms. The third kappa shape index (κ3) is 6.37. The second kappa shape index (κ2) is 7.36. The third-order valence-electron chi connectivity index (χ3n) is 1.53. The van der Waals surface area contributed by atoms with Crippen LogP contribution in [0, 0.1) is 0 Å². The highest BCUT2D eigenvalue weighted by atomic mass is 35.5. The summed E-state index contributed by atoms with van der Waals surface area (Å²) >= 11 is 5.82. The summed E-state index contributed by atoms with van der Waals surface area (Å²) in [5, 5.41) is 0.508. The number of hydrogen-bond donors (Lipinski definition) is 0. The first-order valence-corrected chi connectivity index (χ1v) is 4.29. The maximum atomic E-state index is 5.82. The standard InChI is InChI=1S/C6H11Cl.C2H6O/c7-6-4-2-1-3-5-6;1-3-2/h6H,1-5H2;1-2H3. The minimum atomic E-state index is 0.508. The van der Waals surface area contributed by atoms with E-state index >= 15 is 0 Å². The fraction of sp³-hybridized carbons (Fsp3) is 1.00. The molecule has 0 N–H and O–H groups in total. The topological polar surface area (TPSA) is 9.23 Å². The molecule has 0 saturated heterocycles. The van der Waals surface area contributed by atoms with Gasteiger partial charge in [-0.3, -0.25) is 0 Å². The average molecular weight is 165 g/mol. The van der Waals surface area contributed by atoms with Gasteiger partial charge in [0.15, 0.2) is 0 Å². The Morgan fingerprint density at radius 1 is 1.10 bits per heavy atom. The summed E-state index contributed by atoms with van der Waals surface area (Å²) in [5.74, 6) is 0. The first-order valence-electron chi connectivity index (χ1n) is 3.85. The number of alkyl halides is 1. The van der Waals surface area contributed by atoms with Gasteiger partial charge in [0.1, 0.15) is 0 Å². The maximum absolute atomic E-state index is 5.82. The molecule has 1 aliphatic rings. The number of methoxy groups -OCH3 is 1. The van der Waals surface area contributed by atoms with Crippen LogP contribution in [0.25, 0.3) is 0 Å². The summed E-state index contributed by atoms with van der Waals surface area (Å²) < 4.78 is 4.25. The Hall–Kier alpha value is 0.250. The Kier molecular flexibility index (Phi) is 7.54. The fourth-order valence-electron chi connectivity index (χ4n) is 1.05. The first-order chi connectivity index (χ1) is 4.81. The van der Waals surface area contributed by atoms with Crippen molar-refractivity contribution in [3.8, 4) is 0 Å². The molecule has 0 aromatic rings. The zero-order valence-corrected chi connectivity index (χ0v) is 7.66. The summed E-state index contributed by atoms with van der Waals surface area (Å²) in [7, 11) is 3.25. The maximum Gasteiger partial charge on any atom is 0.0351 e. The summed E-state index contributed by atoms with van der Waals surface area (Å²) in [5.41, 5.74) is 0. The van der Waals surface area contributed by atoms with Crippen LogP contribution in [0.1, 0.15) is 32.1 Å². The Morgan fingerprint density at radius 3 is 1.70 bits per heavy atom. The average Bonchev–Trinajstić information content (AvgIpc) is 1.91. The zero-order valence-electron chi connectivity index (χ0n) is 6.90. The molecule has 0 aromatic carbocycles. The molecule has 0 unspecified atom stereocenters. The molecule has 0 spiro atoms. The van der Waals surface area contributed by atoms with Crippen molar-refractivity contribution in [1.29, 1.82) is 0 Å². The minimum Gasteiger partial charge on any atom is -0.388 e. The van der Waals surface area contributed by atoms with Crippen LogP contribution >= 0.6 is 11.6 Å². The molecular weight excluding hydrogens is 148 g/mol. The van der Waals surface area contributed by atoms with Gasteiger partial charge in [0, 0.05) is 19.6 Å². The van der Waals surface area contributed by atoms with Crippen LogP contribution in [0.5, 0.6) is 0 Å². The molecule has 0 heterocycles. The van der Waals surface area contributed by atoms with Crippen molar-refractivity contribution in [1.82, 2.24) is 0 Å². The largest absolute Gasteiger partial charge is 0.388 e. The van der Waals surface area contributed by atoms with E-state index in [2.05, 4.69) is 4.74 Å². The highest BCUT2D eigenvalue weighted by Crippen LogP contribution is 2.21. The van der Waals surface area contributed by atoms with E-state index in [0.29, 0.717) is 5.38 Å².